The number of carbonyl (C=O) groups excluding carboxylic acids is 1. The summed E-state index contributed by atoms with van der Waals surface area (Å²) in [6.45, 7) is 0. The molecule has 94 valence electrons. The standard InChI is InChI=1S/C11H8Cl2N2O3/c12-8-6-15(7-4-2-1-3-5-7)14-9(16)11(8,13)10(17)18/h1-6H,(H,14,16)(H,17,18). The number of nitrogens with one attached hydrogen (secondary N) is 1. The fourth-order valence-electron chi connectivity index (χ4n) is 1.46. The molecule has 1 atom stereocenters. The largest absolute Gasteiger partial charge is 0.479 e. The van der Waals surface area contributed by atoms with E-state index in [1.165, 1.54) is 11.2 Å². The van der Waals surface area contributed by atoms with Gasteiger partial charge < -0.3 is 5.11 Å². The molecule has 0 saturated carbocycles. The Labute approximate surface area is 113 Å². The Morgan fingerprint density at radius 1 is 1.33 bits per heavy atom. The van der Waals surface area contributed by atoms with Crippen molar-refractivity contribution in [2.45, 2.75) is 4.87 Å². The van der Waals surface area contributed by atoms with E-state index in [0.717, 1.165) is 0 Å². The van der Waals surface area contributed by atoms with Crippen molar-refractivity contribution in [3.8, 4) is 0 Å². The van der Waals surface area contributed by atoms with Gasteiger partial charge in [0.25, 0.3) is 10.8 Å². The summed E-state index contributed by atoms with van der Waals surface area (Å²) in [5.74, 6) is -2.43. The first-order valence-electron chi connectivity index (χ1n) is 4.91. The number of halogens is 2. The lowest BCUT2D eigenvalue weighted by Gasteiger charge is -2.32. The molecule has 1 aliphatic heterocycles. The molecule has 0 aromatic heterocycles. The van der Waals surface area contributed by atoms with Crippen molar-refractivity contribution in [3.63, 3.8) is 0 Å². The molecule has 1 aliphatic rings. The summed E-state index contributed by atoms with van der Waals surface area (Å²) in [6.07, 6.45) is 1.26. The van der Waals surface area contributed by atoms with Gasteiger partial charge in [-0.25, -0.2) is 4.79 Å². The van der Waals surface area contributed by atoms with Gasteiger partial charge in [0.2, 0.25) is 0 Å². The topological polar surface area (TPSA) is 69.6 Å². The molecule has 1 aromatic carbocycles. The molecule has 0 saturated heterocycles. The van der Waals surface area contributed by atoms with Crippen LogP contribution in [-0.2, 0) is 9.59 Å². The average Bonchev–Trinajstić information content (AvgIpc) is 2.36. The molecule has 1 aromatic rings. The van der Waals surface area contributed by atoms with Gasteiger partial charge in [-0.05, 0) is 12.1 Å². The summed E-state index contributed by atoms with van der Waals surface area (Å²) in [7, 11) is 0. The highest BCUT2D eigenvalue weighted by atomic mass is 35.5. The Balaban J connectivity index is 2.40. The van der Waals surface area contributed by atoms with Gasteiger partial charge in [0, 0.05) is 6.20 Å². The second-order valence-corrected chi connectivity index (χ2v) is 4.56. The summed E-state index contributed by atoms with van der Waals surface area (Å²) >= 11 is 11.5. The number of amides is 1. The van der Waals surface area contributed by atoms with Crippen LogP contribution in [0.4, 0.5) is 5.69 Å². The Hall–Kier alpha value is -1.72. The third-order valence-corrected chi connectivity index (χ3v) is 3.45. The van der Waals surface area contributed by atoms with E-state index < -0.39 is 16.8 Å². The van der Waals surface area contributed by atoms with Crippen LogP contribution in [-0.4, -0.2) is 21.9 Å². The molecule has 18 heavy (non-hydrogen) atoms. The zero-order valence-corrected chi connectivity index (χ0v) is 10.4. The summed E-state index contributed by atoms with van der Waals surface area (Å²) in [5.41, 5.74) is 2.99. The number of nitrogens with zero attached hydrogens (tertiary/aromatic N) is 1. The van der Waals surface area contributed by atoms with Gasteiger partial charge in [0.15, 0.2) is 0 Å². The molecule has 1 heterocycles. The molecule has 1 unspecified atom stereocenters. The summed E-state index contributed by atoms with van der Waals surface area (Å²) in [4.78, 5) is 20.5. The molecule has 7 heteroatoms. The maximum Gasteiger partial charge on any atom is 0.340 e. The Morgan fingerprint density at radius 3 is 2.44 bits per heavy atom. The molecule has 1 amide bonds. The van der Waals surface area contributed by atoms with Gasteiger partial charge >= 0.3 is 5.97 Å². The monoisotopic (exact) mass is 286 g/mol. The number of rotatable bonds is 2. The average molecular weight is 287 g/mol. The minimum absolute atomic E-state index is 0.274. The van der Waals surface area contributed by atoms with Crippen LogP contribution in [0.3, 0.4) is 0 Å². The van der Waals surface area contributed by atoms with Crippen LogP contribution in [0.2, 0.25) is 0 Å². The van der Waals surface area contributed by atoms with Gasteiger partial charge in [0.1, 0.15) is 0 Å². The number of anilines is 1. The van der Waals surface area contributed by atoms with Crippen molar-refractivity contribution in [1.82, 2.24) is 5.43 Å². The number of aliphatic carboxylic acids is 1. The first kappa shape index (κ1) is 12.7. The maximum atomic E-state index is 11.8. The molecular formula is C11H8Cl2N2O3. The lowest BCUT2D eigenvalue weighted by Crippen LogP contribution is -2.57. The molecule has 5 nitrogen and oxygen atoms in total. The number of hydrogen-bond donors (Lipinski definition) is 2. The minimum atomic E-state index is -2.27. The second kappa shape index (κ2) is 4.51. The van der Waals surface area contributed by atoms with E-state index in [4.69, 9.17) is 28.3 Å². The van der Waals surface area contributed by atoms with Crippen LogP contribution in [0, 0.1) is 0 Å². The summed E-state index contributed by atoms with van der Waals surface area (Å²) < 4.78 is 0. The van der Waals surface area contributed by atoms with E-state index in [-0.39, 0.29) is 5.03 Å². The van der Waals surface area contributed by atoms with Gasteiger partial charge in [-0.1, -0.05) is 41.4 Å². The number of carboxylic acid groups (broad SMARTS) is 1. The third-order valence-electron chi connectivity index (χ3n) is 2.44. The van der Waals surface area contributed by atoms with Crippen LogP contribution >= 0.6 is 23.2 Å². The van der Waals surface area contributed by atoms with Crippen molar-refractivity contribution in [2.24, 2.45) is 0 Å². The highest BCUT2D eigenvalue weighted by Gasteiger charge is 2.51. The van der Waals surface area contributed by atoms with Crippen molar-refractivity contribution in [1.29, 1.82) is 0 Å². The van der Waals surface area contributed by atoms with Gasteiger partial charge in [0.05, 0.1) is 10.7 Å². The highest BCUT2D eigenvalue weighted by Crippen LogP contribution is 2.33. The normalized spacial score (nSPS) is 23.3. The number of hydrazine groups is 1. The van der Waals surface area contributed by atoms with Crippen LogP contribution in [0.15, 0.2) is 41.6 Å². The number of hydrogen-bond acceptors (Lipinski definition) is 3. The summed E-state index contributed by atoms with van der Waals surface area (Å²) in [6, 6.07) is 8.79. The Morgan fingerprint density at radius 2 is 1.94 bits per heavy atom. The number of carboxylic acids is 1. The smallest absolute Gasteiger partial charge is 0.340 e. The molecule has 0 spiro atoms. The minimum Gasteiger partial charge on any atom is -0.479 e. The van der Waals surface area contributed by atoms with Crippen LogP contribution in [0.5, 0.6) is 0 Å². The van der Waals surface area contributed by atoms with Gasteiger partial charge in [-0.3, -0.25) is 15.2 Å². The van der Waals surface area contributed by atoms with Crippen LogP contribution < -0.4 is 10.4 Å². The van der Waals surface area contributed by atoms with E-state index >= 15 is 0 Å². The molecule has 0 bridgehead atoms. The third kappa shape index (κ3) is 1.91. The van der Waals surface area contributed by atoms with E-state index in [9.17, 15) is 9.59 Å². The van der Waals surface area contributed by atoms with Crippen LogP contribution in [0.25, 0.3) is 0 Å². The first-order chi connectivity index (χ1) is 8.46. The molecule has 0 radical (unpaired) electrons. The zero-order valence-electron chi connectivity index (χ0n) is 8.93. The molecule has 0 aliphatic carbocycles. The van der Waals surface area contributed by atoms with Gasteiger partial charge in [-0.15, -0.1) is 0 Å². The fraction of sp³-hybridized carbons (Fsp3) is 0.0909. The van der Waals surface area contributed by atoms with Crippen molar-refractivity contribution >= 4 is 40.8 Å². The number of carbonyl (C=O) groups is 2. The molecule has 2 rings (SSSR count). The fourth-order valence-corrected chi connectivity index (χ4v) is 1.81. The number of alkyl halides is 1. The van der Waals surface area contributed by atoms with Crippen LogP contribution in [0.1, 0.15) is 0 Å². The maximum absolute atomic E-state index is 11.8. The lowest BCUT2D eigenvalue weighted by molar-refractivity contribution is -0.143. The molecule has 0 fully saturated rings. The van der Waals surface area contributed by atoms with Crippen molar-refractivity contribution < 1.29 is 14.7 Å². The predicted molar refractivity (Wildman–Crippen MR) is 67.2 cm³/mol. The number of benzene rings is 1. The molecule has 2 N–H and O–H groups in total. The Kier molecular flexibility index (Phi) is 3.19. The van der Waals surface area contributed by atoms with Crippen molar-refractivity contribution in [2.75, 3.05) is 5.01 Å². The second-order valence-electron chi connectivity index (χ2n) is 3.59. The van der Waals surface area contributed by atoms with E-state index in [0.29, 0.717) is 5.69 Å². The Bertz CT molecular complexity index is 532. The zero-order chi connectivity index (χ0) is 13.3. The SMILES string of the molecule is O=C(O)C1(Cl)C(=O)NN(c2ccccc2)C=C1Cl. The van der Waals surface area contributed by atoms with Crippen molar-refractivity contribution in [3.05, 3.63) is 41.6 Å². The highest BCUT2D eigenvalue weighted by molar-refractivity contribution is 6.55. The quantitative estimate of drug-likeness (QED) is 0.641. The van der Waals surface area contributed by atoms with E-state index in [1.807, 2.05) is 6.07 Å². The number of para-hydroxylation sites is 1. The first-order valence-corrected chi connectivity index (χ1v) is 5.67. The molecular weight excluding hydrogens is 279 g/mol. The van der Waals surface area contributed by atoms with E-state index in [1.54, 1.807) is 24.3 Å². The summed E-state index contributed by atoms with van der Waals surface area (Å²) in [5, 5.41) is 10.00. The van der Waals surface area contributed by atoms with E-state index in [2.05, 4.69) is 5.43 Å². The van der Waals surface area contributed by atoms with Gasteiger partial charge in [-0.2, -0.15) is 0 Å². The predicted octanol–water partition coefficient (Wildman–Crippen LogP) is 1.68. The lowest BCUT2D eigenvalue weighted by atomic mass is 10.1.